The van der Waals surface area contributed by atoms with Gasteiger partial charge in [0.25, 0.3) is 0 Å². The number of pyridine rings is 1. The molecule has 0 unspecified atom stereocenters. The number of halogens is 3. The largest absolute Gasteiger partial charge is 0.438 e. The maximum Gasteiger partial charge on any atom is 0.233 e. The van der Waals surface area contributed by atoms with Crippen LogP contribution in [0.15, 0.2) is 45.5 Å². The smallest absolute Gasteiger partial charge is 0.233 e. The number of hydrogen-bond donors (Lipinski definition) is 0. The van der Waals surface area contributed by atoms with Crippen LogP contribution in [0.25, 0.3) is 0 Å². The van der Waals surface area contributed by atoms with Crippen LogP contribution >= 0.6 is 54.5 Å². The second kappa shape index (κ2) is 5.46. The van der Waals surface area contributed by atoms with Crippen LogP contribution in [0, 0.1) is 3.57 Å². The van der Waals surface area contributed by atoms with Gasteiger partial charge in [-0.3, -0.25) is 0 Å². The maximum absolute atomic E-state index is 5.66. The van der Waals surface area contributed by atoms with E-state index in [1.54, 1.807) is 6.20 Å². The van der Waals surface area contributed by atoms with Gasteiger partial charge < -0.3 is 4.74 Å². The monoisotopic (exact) mass is 453 g/mol. The summed E-state index contributed by atoms with van der Waals surface area (Å²) >= 11 is 8.99. The SMILES string of the molecule is Brc1cnc(Oc2cccc(I)c2)c(Br)c1. The number of hydrogen-bond acceptors (Lipinski definition) is 2. The van der Waals surface area contributed by atoms with Gasteiger partial charge in [-0.2, -0.15) is 0 Å². The van der Waals surface area contributed by atoms with E-state index in [-0.39, 0.29) is 0 Å². The molecule has 16 heavy (non-hydrogen) atoms. The highest BCUT2D eigenvalue weighted by molar-refractivity contribution is 14.1. The quantitative estimate of drug-likeness (QED) is 0.595. The molecule has 0 N–H and O–H groups in total. The highest BCUT2D eigenvalue weighted by atomic mass is 127. The zero-order chi connectivity index (χ0) is 11.5. The lowest BCUT2D eigenvalue weighted by atomic mass is 10.3. The number of nitrogens with zero attached hydrogens (tertiary/aromatic N) is 1. The van der Waals surface area contributed by atoms with E-state index >= 15 is 0 Å². The van der Waals surface area contributed by atoms with E-state index in [1.807, 2.05) is 30.3 Å². The topological polar surface area (TPSA) is 22.1 Å². The van der Waals surface area contributed by atoms with E-state index in [9.17, 15) is 0 Å². The molecule has 0 aliphatic rings. The Morgan fingerprint density at radius 2 is 2.00 bits per heavy atom. The Hall–Kier alpha value is -0.140. The first kappa shape index (κ1) is 12.3. The summed E-state index contributed by atoms with van der Waals surface area (Å²) in [6, 6.07) is 9.71. The van der Waals surface area contributed by atoms with Crippen LogP contribution in [0.2, 0.25) is 0 Å². The molecule has 2 nitrogen and oxygen atoms in total. The summed E-state index contributed by atoms with van der Waals surface area (Å²) in [4.78, 5) is 4.18. The third kappa shape index (κ3) is 3.18. The minimum absolute atomic E-state index is 0.560. The molecule has 0 atom stereocenters. The number of aromatic nitrogens is 1. The van der Waals surface area contributed by atoms with Gasteiger partial charge in [0.2, 0.25) is 5.88 Å². The van der Waals surface area contributed by atoms with E-state index in [0.717, 1.165) is 18.3 Å². The van der Waals surface area contributed by atoms with Crippen molar-refractivity contribution in [2.24, 2.45) is 0 Å². The highest BCUT2D eigenvalue weighted by Crippen LogP contribution is 2.29. The average Bonchev–Trinajstić information content (AvgIpc) is 2.22. The van der Waals surface area contributed by atoms with Crippen molar-refractivity contribution in [3.8, 4) is 11.6 Å². The number of benzene rings is 1. The molecule has 1 heterocycles. The van der Waals surface area contributed by atoms with Gasteiger partial charge in [-0.15, -0.1) is 0 Å². The summed E-state index contributed by atoms with van der Waals surface area (Å²) in [5, 5.41) is 0. The first-order valence-corrected chi connectivity index (χ1v) is 7.06. The van der Waals surface area contributed by atoms with Crippen molar-refractivity contribution in [2.75, 3.05) is 0 Å². The van der Waals surface area contributed by atoms with Crippen molar-refractivity contribution in [1.29, 1.82) is 0 Å². The van der Waals surface area contributed by atoms with Crippen molar-refractivity contribution < 1.29 is 4.74 Å². The molecule has 1 aromatic heterocycles. The van der Waals surface area contributed by atoms with Crippen LogP contribution in [0.5, 0.6) is 11.6 Å². The summed E-state index contributed by atoms with van der Waals surface area (Å²) in [6.07, 6.45) is 1.70. The molecule has 1 aromatic carbocycles. The second-order valence-electron chi connectivity index (χ2n) is 3.00. The summed E-state index contributed by atoms with van der Waals surface area (Å²) in [7, 11) is 0. The van der Waals surface area contributed by atoms with Gasteiger partial charge in [0.1, 0.15) is 5.75 Å². The lowest BCUT2D eigenvalue weighted by Crippen LogP contribution is -1.89. The van der Waals surface area contributed by atoms with Crippen molar-refractivity contribution in [2.45, 2.75) is 0 Å². The van der Waals surface area contributed by atoms with Crippen molar-refractivity contribution in [3.05, 3.63) is 49.0 Å². The summed E-state index contributed by atoms with van der Waals surface area (Å²) < 4.78 is 8.52. The predicted octanol–water partition coefficient (Wildman–Crippen LogP) is 5.00. The Kier molecular flexibility index (Phi) is 4.21. The molecule has 0 amide bonds. The normalized spacial score (nSPS) is 10.2. The van der Waals surface area contributed by atoms with Crippen molar-refractivity contribution >= 4 is 54.5 Å². The standard InChI is InChI=1S/C11H6Br2INO/c12-7-4-10(13)11(15-6-7)16-9-3-1-2-8(14)5-9/h1-6H. The minimum Gasteiger partial charge on any atom is -0.438 e. The van der Waals surface area contributed by atoms with E-state index in [2.05, 4.69) is 59.4 Å². The predicted molar refractivity (Wildman–Crippen MR) is 78.9 cm³/mol. The van der Waals surface area contributed by atoms with Gasteiger partial charge >= 0.3 is 0 Å². The zero-order valence-corrected chi connectivity index (χ0v) is 13.3. The summed E-state index contributed by atoms with van der Waals surface area (Å²) in [5.41, 5.74) is 0. The first-order chi connectivity index (χ1) is 7.65. The van der Waals surface area contributed by atoms with Crippen LogP contribution in [-0.4, -0.2) is 4.98 Å². The highest BCUT2D eigenvalue weighted by Gasteiger charge is 2.05. The Balaban J connectivity index is 2.27. The zero-order valence-electron chi connectivity index (χ0n) is 7.95. The molecule has 0 spiro atoms. The van der Waals surface area contributed by atoms with Crippen LogP contribution in [-0.2, 0) is 0 Å². The fourth-order valence-electron chi connectivity index (χ4n) is 1.12. The summed E-state index contributed by atoms with van der Waals surface area (Å²) in [6.45, 7) is 0. The Morgan fingerprint density at radius 1 is 1.19 bits per heavy atom. The Morgan fingerprint density at radius 3 is 2.69 bits per heavy atom. The fraction of sp³-hybridized carbons (Fsp3) is 0. The van der Waals surface area contributed by atoms with Crippen molar-refractivity contribution in [1.82, 2.24) is 4.98 Å². The van der Waals surface area contributed by atoms with Gasteiger partial charge in [-0.1, -0.05) is 6.07 Å². The third-order valence-corrected chi connectivity index (χ3v) is 3.46. The molecule has 0 aliphatic carbocycles. The van der Waals surface area contributed by atoms with Crippen LogP contribution in [0.1, 0.15) is 0 Å². The van der Waals surface area contributed by atoms with Crippen LogP contribution in [0.4, 0.5) is 0 Å². The number of rotatable bonds is 2. The molecule has 2 rings (SSSR count). The number of ether oxygens (including phenoxy) is 1. The fourth-order valence-corrected chi connectivity index (χ4v) is 2.70. The Labute approximate surface area is 124 Å². The lowest BCUT2D eigenvalue weighted by Gasteiger charge is -2.06. The van der Waals surface area contributed by atoms with Crippen LogP contribution in [0.3, 0.4) is 0 Å². The van der Waals surface area contributed by atoms with Gasteiger partial charge in [0.05, 0.1) is 4.47 Å². The molecule has 0 saturated heterocycles. The van der Waals surface area contributed by atoms with Gasteiger partial charge in [0.15, 0.2) is 0 Å². The molecular weight excluding hydrogens is 449 g/mol. The molecule has 82 valence electrons. The first-order valence-electron chi connectivity index (χ1n) is 4.39. The molecule has 0 radical (unpaired) electrons. The molecule has 0 aliphatic heterocycles. The van der Waals surface area contributed by atoms with Gasteiger partial charge in [-0.05, 0) is 78.7 Å². The van der Waals surface area contributed by atoms with E-state index in [1.165, 1.54) is 0 Å². The maximum atomic E-state index is 5.66. The molecule has 2 aromatic rings. The molecule has 0 fully saturated rings. The minimum atomic E-state index is 0.560. The lowest BCUT2D eigenvalue weighted by molar-refractivity contribution is 0.459. The molecule has 0 bridgehead atoms. The van der Waals surface area contributed by atoms with E-state index < -0.39 is 0 Å². The van der Waals surface area contributed by atoms with E-state index in [4.69, 9.17) is 4.74 Å². The Bertz CT molecular complexity index is 519. The molecular formula is C11H6Br2INO. The molecule has 0 saturated carbocycles. The molecule has 5 heteroatoms. The van der Waals surface area contributed by atoms with Gasteiger partial charge in [-0.25, -0.2) is 4.98 Å². The van der Waals surface area contributed by atoms with E-state index in [0.29, 0.717) is 5.88 Å². The average molecular weight is 455 g/mol. The van der Waals surface area contributed by atoms with Gasteiger partial charge in [0, 0.05) is 14.2 Å². The third-order valence-electron chi connectivity index (χ3n) is 1.78. The summed E-state index contributed by atoms with van der Waals surface area (Å²) in [5.74, 6) is 1.34. The van der Waals surface area contributed by atoms with Crippen LogP contribution < -0.4 is 4.74 Å². The second-order valence-corrected chi connectivity index (χ2v) is 6.02. The van der Waals surface area contributed by atoms with Crippen molar-refractivity contribution in [3.63, 3.8) is 0 Å².